The summed E-state index contributed by atoms with van der Waals surface area (Å²) >= 11 is 0. The number of ether oxygens (including phenoxy) is 1. The Kier molecular flexibility index (Phi) is 5.05. The number of carbonyl (C=O) groups is 1. The predicted molar refractivity (Wildman–Crippen MR) is 83.0 cm³/mol. The van der Waals surface area contributed by atoms with Crippen molar-refractivity contribution in [3.8, 4) is 0 Å². The van der Waals surface area contributed by atoms with Crippen molar-refractivity contribution in [1.29, 1.82) is 0 Å². The number of nitrogens with zero attached hydrogens (tertiary/aromatic N) is 2. The molecule has 5 atom stereocenters. The van der Waals surface area contributed by atoms with Crippen molar-refractivity contribution in [2.45, 2.75) is 31.5 Å². The van der Waals surface area contributed by atoms with Gasteiger partial charge in [-0.1, -0.05) is 0 Å². The number of Topliss-reactive ketones (excluding diaryl/α,β-unsaturated/α-hetero) is 1. The summed E-state index contributed by atoms with van der Waals surface area (Å²) in [7, 11) is -2.37. The van der Waals surface area contributed by atoms with Gasteiger partial charge in [-0.05, 0) is 13.0 Å². The Morgan fingerprint density at radius 3 is 3.00 bits per heavy atom. The third-order valence-corrected chi connectivity index (χ3v) is 5.16. The zero-order valence-electron chi connectivity index (χ0n) is 13.5. The van der Waals surface area contributed by atoms with Crippen LogP contribution in [0.15, 0.2) is 17.1 Å². The minimum Gasteiger partial charge on any atom is -0.386 e. The molecular formula is C13H18N3O8P. The van der Waals surface area contributed by atoms with Gasteiger partial charge in [0.25, 0.3) is 0 Å². The Morgan fingerprint density at radius 2 is 2.36 bits per heavy atom. The summed E-state index contributed by atoms with van der Waals surface area (Å²) in [4.78, 5) is 26.8. The van der Waals surface area contributed by atoms with Gasteiger partial charge < -0.3 is 15.2 Å². The Balaban J connectivity index is 1.77. The third-order valence-electron chi connectivity index (χ3n) is 3.74. The fourth-order valence-corrected chi connectivity index (χ4v) is 3.97. The van der Waals surface area contributed by atoms with Gasteiger partial charge in [-0.15, -0.1) is 0 Å². The highest BCUT2D eigenvalue weighted by Gasteiger charge is 2.53. The van der Waals surface area contributed by atoms with E-state index in [2.05, 4.69) is 10.3 Å². The molecule has 1 aromatic heterocycles. The molecule has 2 fully saturated rings. The van der Waals surface area contributed by atoms with Gasteiger partial charge in [0, 0.05) is 13.2 Å². The number of phosphoric acid groups is 1. The maximum absolute atomic E-state index is 12.3. The minimum absolute atomic E-state index is 0.176. The molecular weight excluding hydrogens is 357 g/mol. The van der Waals surface area contributed by atoms with Crippen LogP contribution in [0.5, 0.6) is 0 Å². The molecule has 0 spiro atoms. The van der Waals surface area contributed by atoms with E-state index in [9.17, 15) is 19.3 Å². The van der Waals surface area contributed by atoms with E-state index in [1.807, 2.05) is 0 Å². The summed E-state index contributed by atoms with van der Waals surface area (Å²) in [5.74, 6) is 0.0146. The van der Waals surface area contributed by atoms with Crippen molar-refractivity contribution in [3.63, 3.8) is 0 Å². The highest BCUT2D eigenvalue weighted by atomic mass is 31.2. The second-order valence-electron chi connectivity index (χ2n) is 5.60. The normalized spacial score (nSPS) is 34.5. The average Bonchev–Trinajstić information content (AvgIpc) is 2.89. The molecule has 2 aliphatic heterocycles. The molecule has 2 N–H and O–H groups in total. The van der Waals surface area contributed by atoms with E-state index in [-0.39, 0.29) is 12.4 Å². The topological polar surface area (TPSA) is 138 Å². The summed E-state index contributed by atoms with van der Waals surface area (Å²) < 4.78 is 34.2. The maximum Gasteiger partial charge on any atom is 0.475 e. The second kappa shape index (κ2) is 6.94. The quantitative estimate of drug-likeness (QED) is 0.658. The SMILES string of the molecule is CNc1ccn([C@@H]2O[C@@H]3COP(=O)(OCC(C)=O)O[C@@H]3C2O)c(=O)n1. The predicted octanol–water partition coefficient (Wildman–Crippen LogP) is -0.328. The van der Waals surface area contributed by atoms with Gasteiger partial charge in [0.15, 0.2) is 12.0 Å². The average molecular weight is 375 g/mol. The van der Waals surface area contributed by atoms with E-state index in [0.717, 1.165) is 4.57 Å². The Morgan fingerprint density at radius 1 is 1.60 bits per heavy atom. The molecule has 25 heavy (non-hydrogen) atoms. The van der Waals surface area contributed by atoms with Crippen molar-refractivity contribution in [2.24, 2.45) is 0 Å². The van der Waals surface area contributed by atoms with Crippen molar-refractivity contribution in [3.05, 3.63) is 22.7 Å². The number of anilines is 1. The first-order chi connectivity index (χ1) is 11.8. The molecule has 3 heterocycles. The van der Waals surface area contributed by atoms with E-state index in [1.165, 1.54) is 19.2 Å². The molecule has 0 saturated carbocycles. The monoisotopic (exact) mass is 375 g/mol. The number of rotatable bonds is 5. The highest BCUT2D eigenvalue weighted by molar-refractivity contribution is 7.48. The van der Waals surface area contributed by atoms with E-state index in [0.29, 0.717) is 5.82 Å². The van der Waals surface area contributed by atoms with Crippen molar-refractivity contribution < 1.29 is 32.8 Å². The standard InChI is InChI=1S/C13H18N3O8P/c1-7(17)5-21-25(20)22-6-8-11(24-25)10(18)12(23-8)16-4-3-9(14-2)15-13(16)19/h3-4,8,10-12,18H,5-6H2,1-2H3,(H,14,15,19)/t8-,10?,11+,12-,25?/m1/s1. The highest BCUT2D eigenvalue weighted by Crippen LogP contribution is 2.56. The number of hydrogen-bond donors (Lipinski definition) is 2. The van der Waals surface area contributed by atoms with Crippen LogP contribution < -0.4 is 11.0 Å². The van der Waals surface area contributed by atoms with Gasteiger partial charge in [-0.2, -0.15) is 4.98 Å². The number of carbonyl (C=O) groups excluding carboxylic acids is 1. The second-order valence-corrected chi connectivity index (χ2v) is 7.22. The molecule has 0 aliphatic carbocycles. The molecule has 0 aromatic carbocycles. The number of phosphoric ester groups is 1. The summed E-state index contributed by atoms with van der Waals surface area (Å²) in [6, 6.07) is 1.54. The van der Waals surface area contributed by atoms with E-state index in [4.69, 9.17) is 18.3 Å². The molecule has 0 amide bonds. The summed E-state index contributed by atoms with van der Waals surface area (Å²) in [5, 5.41) is 13.2. The third kappa shape index (κ3) is 3.66. The lowest BCUT2D eigenvalue weighted by atomic mass is 10.1. The van der Waals surface area contributed by atoms with Gasteiger partial charge in [-0.25, -0.2) is 9.36 Å². The lowest BCUT2D eigenvalue weighted by molar-refractivity contribution is -0.120. The van der Waals surface area contributed by atoms with Gasteiger partial charge in [0.1, 0.15) is 30.7 Å². The molecule has 2 aliphatic rings. The summed E-state index contributed by atoms with van der Waals surface area (Å²) in [6.07, 6.45) is -2.75. The Labute approximate surface area is 142 Å². The Hall–Kier alpha value is -1.62. The van der Waals surface area contributed by atoms with Crippen LogP contribution in [0.3, 0.4) is 0 Å². The zero-order valence-corrected chi connectivity index (χ0v) is 14.4. The van der Waals surface area contributed by atoms with Crippen molar-refractivity contribution in [1.82, 2.24) is 9.55 Å². The molecule has 12 heteroatoms. The number of nitrogens with one attached hydrogen (secondary N) is 1. The number of aliphatic hydroxyl groups is 1. The number of aromatic nitrogens is 2. The molecule has 138 valence electrons. The lowest BCUT2D eigenvalue weighted by Crippen LogP contribution is -2.40. The van der Waals surface area contributed by atoms with Crippen LogP contribution in [0.2, 0.25) is 0 Å². The molecule has 2 unspecified atom stereocenters. The number of fused-ring (bicyclic) bond motifs is 1. The molecule has 11 nitrogen and oxygen atoms in total. The van der Waals surface area contributed by atoms with E-state index in [1.54, 1.807) is 7.05 Å². The maximum atomic E-state index is 12.3. The number of aliphatic hydroxyl groups excluding tert-OH is 1. The zero-order chi connectivity index (χ0) is 18.2. The van der Waals surface area contributed by atoms with Crippen LogP contribution in [0.25, 0.3) is 0 Å². The summed E-state index contributed by atoms with van der Waals surface area (Å²) in [6.45, 7) is 0.644. The van der Waals surface area contributed by atoms with Gasteiger partial charge in [-0.3, -0.25) is 22.9 Å². The van der Waals surface area contributed by atoms with E-state index >= 15 is 0 Å². The van der Waals surface area contributed by atoms with Crippen LogP contribution in [-0.4, -0.2) is 59.0 Å². The van der Waals surface area contributed by atoms with Crippen LogP contribution in [0.4, 0.5) is 5.82 Å². The van der Waals surface area contributed by atoms with Crippen LogP contribution in [0.1, 0.15) is 13.2 Å². The first-order valence-corrected chi connectivity index (χ1v) is 8.96. The molecule has 2 saturated heterocycles. The largest absolute Gasteiger partial charge is 0.475 e. The molecule has 0 bridgehead atoms. The van der Waals surface area contributed by atoms with Crippen molar-refractivity contribution in [2.75, 3.05) is 25.6 Å². The molecule has 1 aromatic rings. The summed E-state index contributed by atoms with van der Waals surface area (Å²) in [5.41, 5.74) is -0.633. The smallest absolute Gasteiger partial charge is 0.386 e. The first kappa shape index (κ1) is 18.2. The van der Waals surface area contributed by atoms with Crippen molar-refractivity contribution >= 4 is 19.4 Å². The fraction of sp³-hybridized carbons (Fsp3) is 0.615. The molecule has 0 radical (unpaired) electrons. The number of ketones is 1. The number of hydrogen-bond acceptors (Lipinski definition) is 10. The van der Waals surface area contributed by atoms with Crippen LogP contribution in [0, 0.1) is 0 Å². The van der Waals surface area contributed by atoms with Gasteiger partial charge in [0.2, 0.25) is 0 Å². The first-order valence-electron chi connectivity index (χ1n) is 7.50. The van der Waals surface area contributed by atoms with E-state index < -0.39 is 44.7 Å². The lowest BCUT2D eigenvalue weighted by Gasteiger charge is -2.30. The minimum atomic E-state index is -3.99. The molecule has 3 rings (SSSR count). The van der Waals surface area contributed by atoms with Crippen LogP contribution >= 0.6 is 7.82 Å². The Bertz CT molecular complexity index is 768. The van der Waals surface area contributed by atoms with Gasteiger partial charge >= 0.3 is 13.5 Å². The van der Waals surface area contributed by atoms with Crippen LogP contribution in [-0.2, 0) is 27.7 Å². The fourth-order valence-electron chi connectivity index (χ4n) is 2.54. The van der Waals surface area contributed by atoms with Gasteiger partial charge in [0.05, 0.1) is 6.61 Å².